The first-order valence-electron chi connectivity index (χ1n) is 9.93. The number of ether oxygens (including phenoxy) is 1. The highest BCUT2D eigenvalue weighted by atomic mass is 79.9. The van der Waals surface area contributed by atoms with Gasteiger partial charge in [-0.2, -0.15) is 0 Å². The van der Waals surface area contributed by atoms with Crippen LogP contribution in [0.3, 0.4) is 0 Å². The van der Waals surface area contributed by atoms with Crippen molar-refractivity contribution in [1.82, 2.24) is 4.90 Å². The van der Waals surface area contributed by atoms with E-state index in [4.69, 9.17) is 62.7 Å². The second kappa shape index (κ2) is 10.8. The first-order chi connectivity index (χ1) is 16.3. The molecule has 13 heteroatoms. The van der Waals surface area contributed by atoms with Crippen LogP contribution in [0.2, 0.25) is 25.1 Å². The largest absolute Gasteiger partial charge is 0.454 e. The molecule has 1 aliphatic rings. The van der Waals surface area contributed by atoms with Gasteiger partial charge in [0.2, 0.25) is 0 Å². The van der Waals surface area contributed by atoms with E-state index in [-0.39, 0.29) is 31.2 Å². The van der Waals surface area contributed by atoms with Crippen molar-refractivity contribution in [2.24, 2.45) is 5.92 Å². The third-order valence-electron chi connectivity index (χ3n) is 5.17. The number of nitrogens with zero attached hydrogens (tertiary/aromatic N) is 1. The lowest BCUT2D eigenvalue weighted by atomic mass is 10.0. The lowest BCUT2D eigenvalue weighted by Crippen LogP contribution is -2.49. The van der Waals surface area contributed by atoms with Crippen molar-refractivity contribution in [2.75, 3.05) is 11.9 Å². The molecule has 0 bridgehead atoms. The molecule has 3 rings (SSSR count). The van der Waals surface area contributed by atoms with Crippen LogP contribution in [0.1, 0.15) is 40.1 Å². The van der Waals surface area contributed by atoms with Gasteiger partial charge in [-0.1, -0.05) is 71.9 Å². The lowest BCUT2D eigenvalue weighted by Gasteiger charge is -2.27. The summed E-state index contributed by atoms with van der Waals surface area (Å²) < 4.78 is 5.81. The number of hydrogen-bond acceptors (Lipinski definition) is 5. The van der Waals surface area contributed by atoms with Crippen molar-refractivity contribution in [3.05, 3.63) is 58.4 Å². The molecule has 0 saturated heterocycles. The van der Waals surface area contributed by atoms with Crippen LogP contribution in [0.15, 0.2) is 16.6 Å². The monoisotopic (exact) mass is 642 g/mol. The minimum Gasteiger partial charge on any atom is -0.454 e. The Labute approximate surface area is 234 Å². The molecule has 0 spiro atoms. The van der Waals surface area contributed by atoms with E-state index < -0.39 is 42.3 Å². The number of amides is 3. The number of aryl methyl sites for hydroxylation is 1. The van der Waals surface area contributed by atoms with Gasteiger partial charge in [-0.05, 0) is 46.5 Å². The Bertz CT molecular complexity index is 1240. The summed E-state index contributed by atoms with van der Waals surface area (Å²) in [7, 11) is 0. The zero-order chi connectivity index (χ0) is 26.4. The molecule has 0 aliphatic carbocycles. The van der Waals surface area contributed by atoms with Gasteiger partial charge in [0.05, 0.1) is 36.2 Å². The lowest BCUT2D eigenvalue weighted by molar-refractivity contribution is -0.152. The van der Waals surface area contributed by atoms with Crippen LogP contribution in [0.4, 0.5) is 5.69 Å². The molecule has 1 aliphatic heterocycles. The van der Waals surface area contributed by atoms with Crippen LogP contribution in [0.25, 0.3) is 0 Å². The molecule has 0 aromatic heterocycles. The smallest absolute Gasteiger partial charge is 0.330 e. The number of carbonyl (C=O) groups excluding carboxylic acids is 4. The van der Waals surface area contributed by atoms with E-state index in [1.54, 1.807) is 32.9 Å². The Balaban J connectivity index is 1.81. The summed E-state index contributed by atoms with van der Waals surface area (Å²) >= 11 is 33.8. The Morgan fingerprint density at radius 3 is 1.97 bits per heavy atom. The summed E-state index contributed by atoms with van der Waals surface area (Å²) in [5.74, 6) is -3.95. The molecule has 7 nitrogen and oxygen atoms in total. The van der Waals surface area contributed by atoms with Crippen LogP contribution in [0, 0.1) is 12.8 Å². The summed E-state index contributed by atoms with van der Waals surface area (Å²) in [5, 5.41) is 2.09. The zero-order valence-corrected chi connectivity index (χ0v) is 23.6. The fourth-order valence-corrected chi connectivity index (χ4v) is 5.12. The molecule has 1 N–H and O–H groups in total. The standard InChI is InChI=1S/C22H16BrCl5N2O5/c1-7(2)19(22(34)35-6-12(31)29-11-5-10(24)9(23)4-8(11)3)30-20(32)13-14(21(30)33)16(26)18(28)17(27)15(13)25/h4-5,7,19H,6H2,1-3H3,(H,29,31)/t19-/m1/s1. The van der Waals surface area contributed by atoms with Gasteiger partial charge >= 0.3 is 5.97 Å². The molecule has 1 heterocycles. The van der Waals surface area contributed by atoms with E-state index in [0.29, 0.717) is 20.1 Å². The van der Waals surface area contributed by atoms with Crippen LogP contribution in [-0.4, -0.2) is 41.2 Å². The molecular formula is C22H16BrCl5N2O5. The van der Waals surface area contributed by atoms with E-state index in [1.165, 1.54) is 0 Å². The number of hydrogen-bond donors (Lipinski definition) is 1. The van der Waals surface area contributed by atoms with Gasteiger partial charge in [0, 0.05) is 10.2 Å². The second-order valence-electron chi connectivity index (χ2n) is 7.91. The fraction of sp³-hybridized carbons (Fsp3) is 0.273. The van der Waals surface area contributed by atoms with Gasteiger partial charge in [0.25, 0.3) is 17.7 Å². The first kappa shape index (κ1) is 28.0. The second-order valence-corrected chi connectivity index (χ2v) is 10.7. The van der Waals surface area contributed by atoms with Gasteiger partial charge in [0.15, 0.2) is 6.61 Å². The summed E-state index contributed by atoms with van der Waals surface area (Å²) in [4.78, 5) is 52.3. The molecule has 0 fully saturated rings. The third-order valence-corrected chi connectivity index (χ3v) is 8.17. The zero-order valence-electron chi connectivity index (χ0n) is 18.3. The minimum absolute atomic E-state index is 0.191. The molecule has 0 saturated carbocycles. The molecule has 35 heavy (non-hydrogen) atoms. The van der Waals surface area contributed by atoms with E-state index >= 15 is 0 Å². The van der Waals surface area contributed by atoms with Gasteiger partial charge in [0.1, 0.15) is 6.04 Å². The van der Waals surface area contributed by atoms with Crippen molar-refractivity contribution in [2.45, 2.75) is 26.8 Å². The Hall–Kier alpha value is -1.55. The van der Waals surface area contributed by atoms with E-state index in [1.807, 2.05) is 0 Å². The maximum atomic E-state index is 13.1. The normalized spacial score (nSPS) is 13.8. The Kier molecular flexibility index (Phi) is 8.67. The molecule has 3 amide bonds. The topological polar surface area (TPSA) is 92.8 Å². The molecule has 2 aromatic rings. The quantitative estimate of drug-likeness (QED) is 0.161. The average molecular weight is 646 g/mol. The summed E-state index contributed by atoms with van der Waals surface area (Å²) in [5.41, 5.74) is 0.640. The first-order valence-corrected chi connectivity index (χ1v) is 12.6. The molecule has 1 atom stereocenters. The van der Waals surface area contributed by atoms with Crippen molar-refractivity contribution >= 4 is 103 Å². The number of carbonyl (C=O) groups is 4. The van der Waals surface area contributed by atoms with Gasteiger partial charge in [-0.25, -0.2) is 4.79 Å². The molecule has 0 radical (unpaired) electrons. The number of fused-ring (bicyclic) bond motifs is 1. The number of imide groups is 1. The highest BCUT2D eigenvalue weighted by molar-refractivity contribution is 9.10. The predicted octanol–water partition coefficient (Wildman–Crippen LogP) is 6.83. The molecule has 2 aromatic carbocycles. The Morgan fingerprint density at radius 2 is 1.49 bits per heavy atom. The SMILES string of the molecule is Cc1cc(Br)c(Cl)cc1NC(=O)COC(=O)[C@@H](C(C)C)N1C(=O)c2c(Cl)c(Cl)c(Cl)c(Cl)c2C1=O. The van der Waals surface area contributed by atoms with Crippen molar-refractivity contribution in [3.63, 3.8) is 0 Å². The minimum atomic E-state index is -1.37. The number of rotatable bonds is 6. The average Bonchev–Trinajstić information content (AvgIpc) is 3.03. The van der Waals surface area contributed by atoms with Crippen molar-refractivity contribution in [1.29, 1.82) is 0 Å². The van der Waals surface area contributed by atoms with E-state index in [9.17, 15) is 19.2 Å². The van der Waals surface area contributed by atoms with Gasteiger partial charge < -0.3 is 10.1 Å². The highest BCUT2D eigenvalue weighted by Gasteiger charge is 2.48. The molecule has 186 valence electrons. The van der Waals surface area contributed by atoms with Crippen molar-refractivity contribution in [3.8, 4) is 0 Å². The number of halogens is 6. The summed E-state index contributed by atoms with van der Waals surface area (Å²) in [6.07, 6.45) is 0. The highest BCUT2D eigenvalue weighted by Crippen LogP contribution is 2.45. The van der Waals surface area contributed by atoms with Gasteiger partial charge in [-0.3, -0.25) is 19.3 Å². The molecule has 0 unspecified atom stereocenters. The molecular weight excluding hydrogens is 629 g/mol. The van der Waals surface area contributed by atoms with Gasteiger partial charge in [-0.15, -0.1) is 0 Å². The number of anilines is 1. The summed E-state index contributed by atoms with van der Waals surface area (Å²) in [6, 6.07) is 1.89. The predicted molar refractivity (Wildman–Crippen MR) is 139 cm³/mol. The van der Waals surface area contributed by atoms with E-state index in [2.05, 4.69) is 21.2 Å². The van der Waals surface area contributed by atoms with Crippen LogP contribution < -0.4 is 5.32 Å². The summed E-state index contributed by atoms with van der Waals surface area (Å²) in [6.45, 7) is 4.30. The van der Waals surface area contributed by atoms with Crippen LogP contribution in [-0.2, 0) is 14.3 Å². The maximum absolute atomic E-state index is 13.1. The van der Waals surface area contributed by atoms with Crippen LogP contribution >= 0.6 is 73.9 Å². The Morgan fingerprint density at radius 1 is 0.971 bits per heavy atom. The fourth-order valence-electron chi connectivity index (χ4n) is 3.48. The number of benzene rings is 2. The third kappa shape index (κ3) is 5.29. The van der Waals surface area contributed by atoms with Crippen molar-refractivity contribution < 1.29 is 23.9 Å². The van der Waals surface area contributed by atoms with E-state index in [0.717, 1.165) is 5.56 Å². The maximum Gasteiger partial charge on any atom is 0.330 e. The van der Waals surface area contributed by atoms with Crippen LogP contribution in [0.5, 0.6) is 0 Å². The number of nitrogens with one attached hydrogen (secondary N) is 1. The number of esters is 1.